The Labute approximate surface area is 171 Å². The summed E-state index contributed by atoms with van der Waals surface area (Å²) in [6, 6.07) is 0. The van der Waals surface area contributed by atoms with Crippen molar-refractivity contribution in [3.05, 3.63) is 0 Å². The third-order valence-electron chi connectivity index (χ3n) is 5.66. The molecule has 0 saturated carbocycles. The van der Waals surface area contributed by atoms with Crippen LogP contribution in [0.4, 0.5) is 4.79 Å². The van der Waals surface area contributed by atoms with Crippen LogP contribution in [-0.4, -0.2) is 66.7 Å². The first-order valence-electron chi connectivity index (χ1n) is 11.1. The van der Waals surface area contributed by atoms with Crippen molar-refractivity contribution in [1.82, 2.24) is 15.1 Å². The summed E-state index contributed by atoms with van der Waals surface area (Å²) in [6.45, 7) is 15.9. The highest BCUT2D eigenvalue weighted by atomic mass is 16.6. The molecule has 1 N–H and O–H groups in total. The molecule has 2 unspecified atom stereocenters. The molecule has 0 spiro atoms. The van der Waals surface area contributed by atoms with Crippen LogP contribution in [0.2, 0.25) is 0 Å². The van der Waals surface area contributed by atoms with Crippen LogP contribution in [0.5, 0.6) is 0 Å². The fourth-order valence-electron chi connectivity index (χ4n) is 4.49. The third-order valence-corrected chi connectivity index (χ3v) is 5.66. The van der Waals surface area contributed by atoms with Gasteiger partial charge in [0.2, 0.25) is 5.91 Å². The molecular weight excluding hydrogens is 354 g/mol. The summed E-state index contributed by atoms with van der Waals surface area (Å²) in [7, 11) is 0. The molecule has 0 bridgehead atoms. The van der Waals surface area contributed by atoms with Crippen LogP contribution in [0.25, 0.3) is 0 Å². The molecule has 0 aromatic heterocycles. The van der Waals surface area contributed by atoms with Crippen LogP contribution >= 0.6 is 0 Å². The fourth-order valence-corrected chi connectivity index (χ4v) is 4.49. The highest BCUT2D eigenvalue weighted by Gasteiger charge is 2.27. The van der Waals surface area contributed by atoms with Crippen LogP contribution < -0.4 is 5.32 Å². The number of carbonyl (C=O) groups is 2. The molecule has 6 heteroatoms. The molecular formula is C22H41N3O3. The van der Waals surface area contributed by atoms with Crippen molar-refractivity contribution in [3.63, 3.8) is 0 Å². The fraction of sp³-hybridized carbons (Fsp3) is 0.909. The van der Waals surface area contributed by atoms with E-state index in [2.05, 4.69) is 24.1 Å². The summed E-state index contributed by atoms with van der Waals surface area (Å²) in [5.41, 5.74) is -0.460. The second-order valence-corrected chi connectivity index (χ2v) is 10.0. The topological polar surface area (TPSA) is 61.9 Å². The van der Waals surface area contributed by atoms with Gasteiger partial charge in [-0.15, -0.1) is 0 Å². The van der Waals surface area contributed by atoms with Gasteiger partial charge in [0.15, 0.2) is 0 Å². The van der Waals surface area contributed by atoms with Gasteiger partial charge in [0, 0.05) is 39.1 Å². The van der Waals surface area contributed by atoms with Gasteiger partial charge in [-0.1, -0.05) is 13.8 Å². The van der Waals surface area contributed by atoms with E-state index in [0.717, 1.165) is 44.2 Å². The first kappa shape index (κ1) is 23.0. The molecule has 0 aromatic carbocycles. The number of amides is 2. The Balaban J connectivity index is 1.57. The number of piperidine rings is 2. The normalized spacial score (nSPS) is 24.8. The summed E-state index contributed by atoms with van der Waals surface area (Å²) in [6.07, 6.45) is 4.42. The molecule has 162 valence electrons. The summed E-state index contributed by atoms with van der Waals surface area (Å²) in [4.78, 5) is 28.7. The monoisotopic (exact) mass is 395 g/mol. The second-order valence-electron chi connectivity index (χ2n) is 10.0. The van der Waals surface area contributed by atoms with Crippen LogP contribution in [0.1, 0.15) is 66.7 Å². The minimum absolute atomic E-state index is 0.149. The molecule has 2 aliphatic rings. The quantitative estimate of drug-likeness (QED) is 0.699. The number of nitrogens with zero attached hydrogens (tertiary/aromatic N) is 2. The van der Waals surface area contributed by atoms with Crippen LogP contribution in [0.3, 0.4) is 0 Å². The molecule has 2 atom stereocenters. The zero-order chi connectivity index (χ0) is 20.7. The molecule has 28 heavy (non-hydrogen) atoms. The lowest BCUT2D eigenvalue weighted by atomic mass is 9.92. The highest BCUT2D eigenvalue weighted by Crippen LogP contribution is 2.22. The molecule has 2 aliphatic heterocycles. The second kappa shape index (κ2) is 10.5. The van der Waals surface area contributed by atoms with E-state index >= 15 is 0 Å². The minimum Gasteiger partial charge on any atom is -0.444 e. The molecule has 2 saturated heterocycles. The molecule has 0 aromatic rings. The van der Waals surface area contributed by atoms with E-state index in [1.807, 2.05) is 20.8 Å². The Morgan fingerprint density at radius 2 is 1.68 bits per heavy atom. The lowest BCUT2D eigenvalue weighted by molar-refractivity contribution is -0.122. The number of nitrogens with one attached hydrogen (secondary N) is 1. The van der Waals surface area contributed by atoms with Gasteiger partial charge < -0.3 is 19.9 Å². The van der Waals surface area contributed by atoms with Crippen molar-refractivity contribution >= 4 is 12.0 Å². The Hall–Kier alpha value is -1.30. The molecule has 2 heterocycles. The molecule has 2 amide bonds. The Bertz CT molecular complexity index is 500. The van der Waals surface area contributed by atoms with E-state index < -0.39 is 5.60 Å². The average Bonchev–Trinajstić information content (AvgIpc) is 2.57. The van der Waals surface area contributed by atoms with Crippen LogP contribution in [0.15, 0.2) is 0 Å². The minimum atomic E-state index is -0.460. The van der Waals surface area contributed by atoms with E-state index in [1.54, 1.807) is 4.90 Å². The number of rotatable bonds is 6. The summed E-state index contributed by atoms with van der Waals surface area (Å²) >= 11 is 0. The van der Waals surface area contributed by atoms with Gasteiger partial charge >= 0.3 is 6.09 Å². The van der Waals surface area contributed by atoms with Gasteiger partial charge in [-0.25, -0.2) is 4.79 Å². The van der Waals surface area contributed by atoms with E-state index in [9.17, 15) is 9.59 Å². The van der Waals surface area contributed by atoms with Gasteiger partial charge in [0.05, 0.1) is 0 Å². The maximum atomic E-state index is 12.2. The van der Waals surface area contributed by atoms with E-state index in [4.69, 9.17) is 4.74 Å². The summed E-state index contributed by atoms with van der Waals surface area (Å²) in [5, 5.41) is 3.09. The summed E-state index contributed by atoms with van der Waals surface area (Å²) < 4.78 is 5.43. The maximum Gasteiger partial charge on any atom is 0.410 e. The van der Waals surface area contributed by atoms with E-state index in [1.165, 1.54) is 19.5 Å². The van der Waals surface area contributed by atoms with Gasteiger partial charge in [-0.2, -0.15) is 0 Å². The van der Waals surface area contributed by atoms with E-state index in [0.29, 0.717) is 25.4 Å². The van der Waals surface area contributed by atoms with Crippen molar-refractivity contribution in [2.45, 2.75) is 72.3 Å². The Morgan fingerprint density at radius 3 is 2.25 bits per heavy atom. The van der Waals surface area contributed by atoms with Crippen molar-refractivity contribution in [2.75, 3.05) is 39.3 Å². The maximum absolute atomic E-state index is 12.2. The largest absolute Gasteiger partial charge is 0.444 e. The number of carbonyl (C=O) groups excluding carboxylic acids is 2. The van der Waals surface area contributed by atoms with Crippen molar-refractivity contribution in [2.24, 2.45) is 17.8 Å². The van der Waals surface area contributed by atoms with Crippen molar-refractivity contribution in [3.8, 4) is 0 Å². The SMILES string of the molecule is CC1CC(C)CN(CCCNC(=O)CC2CCN(C(=O)OC(C)(C)C)CC2)C1. The van der Waals surface area contributed by atoms with Crippen LogP contribution in [0, 0.1) is 17.8 Å². The van der Waals surface area contributed by atoms with Gasteiger partial charge in [-0.05, 0) is 70.8 Å². The Morgan fingerprint density at radius 1 is 1.07 bits per heavy atom. The third kappa shape index (κ3) is 8.38. The highest BCUT2D eigenvalue weighted by molar-refractivity contribution is 5.76. The Kier molecular flexibility index (Phi) is 8.59. The molecule has 0 aliphatic carbocycles. The lowest BCUT2D eigenvalue weighted by Crippen LogP contribution is -2.42. The lowest BCUT2D eigenvalue weighted by Gasteiger charge is -2.35. The van der Waals surface area contributed by atoms with Gasteiger partial charge in [-0.3, -0.25) is 4.79 Å². The van der Waals surface area contributed by atoms with Crippen molar-refractivity contribution in [1.29, 1.82) is 0 Å². The first-order chi connectivity index (χ1) is 13.1. The van der Waals surface area contributed by atoms with Gasteiger partial charge in [0.25, 0.3) is 0 Å². The summed E-state index contributed by atoms with van der Waals surface area (Å²) in [5.74, 6) is 2.08. The molecule has 0 radical (unpaired) electrons. The number of likely N-dealkylation sites (tertiary alicyclic amines) is 2. The van der Waals surface area contributed by atoms with Gasteiger partial charge in [0.1, 0.15) is 5.60 Å². The average molecular weight is 396 g/mol. The number of hydrogen-bond acceptors (Lipinski definition) is 4. The number of ether oxygens (including phenoxy) is 1. The first-order valence-corrected chi connectivity index (χ1v) is 11.1. The van der Waals surface area contributed by atoms with Crippen molar-refractivity contribution < 1.29 is 14.3 Å². The van der Waals surface area contributed by atoms with Crippen LogP contribution in [-0.2, 0) is 9.53 Å². The van der Waals surface area contributed by atoms with E-state index in [-0.39, 0.29) is 12.0 Å². The molecule has 2 rings (SSSR count). The molecule has 6 nitrogen and oxygen atoms in total. The zero-order valence-corrected chi connectivity index (χ0v) is 18.6. The zero-order valence-electron chi connectivity index (χ0n) is 18.6. The standard InChI is InChI=1S/C22H41N3O3/c1-17-13-18(2)16-24(15-17)10-6-9-23-20(26)14-19-7-11-25(12-8-19)21(27)28-22(3,4)5/h17-19H,6-16H2,1-5H3,(H,23,26). The molecule has 2 fully saturated rings. The number of hydrogen-bond donors (Lipinski definition) is 1. The predicted molar refractivity (Wildman–Crippen MR) is 112 cm³/mol. The predicted octanol–water partition coefficient (Wildman–Crippen LogP) is 3.51. The smallest absolute Gasteiger partial charge is 0.410 e.